The van der Waals surface area contributed by atoms with Gasteiger partial charge in [-0.2, -0.15) is 0 Å². The number of hydrogen-bond donors (Lipinski definition) is 3. The maximum Gasteiger partial charge on any atom is 0.320 e. The number of aliphatic carboxylic acids is 1. The Morgan fingerprint density at radius 2 is 2.69 bits per heavy atom. The number of rotatable bonds is 4. The van der Waals surface area contributed by atoms with Gasteiger partial charge in [0, 0.05) is 2.74 Å². The summed E-state index contributed by atoms with van der Waals surface area (Å²) in [6, 6.07) is -2.78. The van der Waals surface area contributed by atoms with Gasteiger partial charge in [0.2, 0.25) is 0 Å². The molecule has 0 saturated carbocycles. The Hall–Kier alpha value is -1.55. The van der Waals surface area contributed by atoms with Gasteiger partial charge in [0.25, 0.3) is 2.86 Å². The van der Waals surface area contributed by atoms with E-state index in [2.05, 4.69) is 10.2 Å². The van der Waals surface area contributed by atoms with Crippen LogP contribution < -0.4 is 5.73 Å². The van der Waals surface area contributed by atoms with E-state index in [0.29, 0.717) is 0 Å². The molecule has 70 valence electrons. The SMILES string of the molecule is [2H]OC(=O)[C@@H](N)C([2H])([2H])c1c([2H])cc([2H])c(O[2H])c1[2H]. The third kappa shape index (κ3) is 2.76. The molecule has 0 aliphatic carbocycles. The molecule has 0 fully saturated rings. The second-order valence-electron chi connectivity index (χ2n) is 2.20. The predicted octanol–water partition coefficient (Wildman–Crippen LogP) is 0.347. The number of nitrogens with two attached hydrogens (primary N) is 1. The number of carbonyl (C=O) groups is 1. The molecule has 1 atom stereocenters. The molecular formula is C9H11NO3. The third-order valence-electron chi connectivity index (χ3n) is 1.21. The zero-order chi connectivity index (χ0) is 15.7. The van der Waals surface area contributed by atoms with Crippen LogP contribution in [0.3, 0.4) is 0 Å². The highest BCUT2D eigenvalue weighted by atomic mass is 16.4. The maximum absolute atomic E-state index is 11.2. The third-order valence-corrected chi connectivity index (χ3v) is 1.21. The van der Waals surface area contributed by atoms with Gasteiger partial charge in [-0.15, -0.1) is 0 Å². The molecule has 0 unspecified atom stereocenters. The highest BCUT2D eigenvalue weighted by molar-refractivity contribution is 5.73. The monoisotopic (exact) mass is 188 g/mol. The van der Waals surface area contributed by atoms with Crippen LogP contribution in [0, 0.1) is 0 Å². The molecule has 4 N–H and O–H groups in total. The van der Waals surface area contributed by atoms with Crippen molar-refractivity contribution < 1.29 is 21.9 Å². The van der Waals surface area contributed by atoms with E-state index in [-0.39, 0.29) is 0 Å². The lowest BCUT2D eigenvalue weighted by molar-refractivity contribution is -0.138. The van der Waals surface area contributed by atoms with Crippen LogP contribution in [-0.4, -0.2) is 23.7 Å². The Morgan fingerprint density at radius 3 is 3.38 bits per heavy atom. The number of benzene rings is 1. The molecular weight excluding hydrogens is 170 g/mol. The van der Waals surface area contributed by atoms with Crippen molar-refractivity contribution in [3.8, 4) is 5.75 Å². The number of carboxylic acids is 1. The first kappa shape index (κ1) is 3.67. The topological polar surface area (TPSA) is 83.5 Å². The fourth-order valence-electron chi connectivity index (χ4n) is 0.652. The summed E-state index contributed by atoms with van der Waals surface area (Å²) >= 11 is 0. The van der Waals surface area contributed by atoms with Crippen molar-refractivity contribution in [3.05, 3.63) is 29.8 Å². The van der Waals surface area contributed by atoms with Crippen molar-refractivity contribution in [2.24, 2.45) is 5.73 Å². The quantitative estimate of drug-likeness (QED) is 0.636. The minimum absolute atomic E-state index is 0.439. The molecule has 1 rings (SSSR count). The van der Waals surface area contributed by atoms with E-state index in [0.717, 1.165) is 6.07 Å². The van der Waals surface area contributed by atoms with Crippen LogP contribution in [0.15, 0.2) is 24.2 Å². The first-order chi connectivity index (χ1) is 9.18. The molecule has 13 heavy (non-hydrogen) atoms. The predicted molar refractivity (Wildman–Crippen MR) is 47.4 cm³/mol. The zero-order valence-corrected chi connectivity index (χ0v) is 6.46. The van der Waals surface area contributed by atoms with E-state index < -0.39 is 47.8 Å². The van der Waals surface area contributed by atoms with Gasteiger partial charge in [-0.05, 0) is 24.0 Å². The summed E-state index contributed by atoms with van der Waals surface area (Å²) in [4.78, 5) is 11.2. The van der Waals surface area contributed by atoms with Gasteiger partial charge in [-0.3, -0.25) is 4.79 Å². The van der Waals surface area contributed by atoms with Gasteiger partial charge in [0.1, 0.15) is 11.8 Å². The standard InChI is InChI=1S/C9H11NO3/c10-8(9(12)13)5-6-2-1-3-7(11)4-6/h1-4,8,11H,5,10H2,(H,12,13)/t8-/m0/s1/i2D,3D,4D,5D2/hD2. The van der Waals surface area contributed by atoms with Gasteiger partial charge < -0.3 is 16.0 Å². The Bertz CT molecular complexity index is 537. The van der Waals surface area contributed by atoms with E-state index in [4.69, 9.17) is 15.4 Å². The second kappa shape index (κ2) is 3.91. The van der Waals surface area contributed by atoms with Crippen molar-refractivity contribution in [1.29, 1.82) is 2.86 Å². The number of phenolic OH excluding ortho intramolecular Hbond substituents is 1. The average Bonchev–Trinajstić information content (AvgIpc) is 2.36. The minimum Gasteiger partial charge on any atom is -0.508 e. The summed E-state index contributed by atoms with van der Waals surface area (Å²) in [5.41, 5.74) is 4.72. The summed E-state index contributed by atoms with van der Waals surface area (Å²) in [6.45, 7) is 0. The van der Waals surface area contributed by atoms with Gasteiger partial charge in [0.15, 0.2) is 0 Å². The van der Waals surface area contributed by atoms with Crippen molar-refractivity contribution in [2.45, 2.75) is 12.4 Å². The van der Waals surface area contributed by atoms with Gasteiger partial charge in [0.05, 0.1) is 4.11 Å². The smallest absolute Gasteiger partial charge is 0.320 e. The van der Waals surface area contributed by atoms with E-state index >= 15 is 0 Å². The number of carboxylic acid groups (broad SMARTS) is 1. The lowest BCUT2D eigenvalue weighted by Gasteiger charge is -2.05. The molecule has 0 saturated heterocycles. The largest absolute Gasteiger partial charge is 0.508 e. The average molecular weight is 188 g/mol. The molecule has 0 aromatic heterocycles. The number of hydrogen-bond acceptors (Lipinski definition) is 4. The van der Waals surface area contributed by atoms with Crippen molar-refractivity contribution in [3.63, 3.8) is 0 Å². The summed E-state index contributed by atoms with van der Waals surface area (Å²) < 4.78 is 51.5. The highest BCUT2D eigenvalue weighted by Crippen LogP contribution is 2.11. The highest BCUT2D eigenvalue weighted by Gasteiger charge is 2.11. The van der Waals surface area contributed by atoms with E-state index in [1.165, 1.54) is 0 Å². The summed E-state index contributed by atoms with van der Waals surface area (Å²) in [5.74, 6) is -1.94. The van der Waals surface area contributed by atoms with Crippen LogP contribution in [0.5, 0.6) is 5.75 Å². The van der Waals surface area contributed by atoms with Crippen LogP contribution in [0.1, 0.15) is 12.4 Å². The molecule has 0 spiro atoms. The van der Waals surface area contributed by atoms with Gasteiger partial charge >= 0.3 is 5.97 Å². The summed E-state index contributed by atoms with van der Waals surface area (Å²) in [5, 5.41) is 7.66. The van der Waals surface area contributed by atoms with Crippen LogP contribution in [0.4, 0.5) is 0 Å². The minimum atomic E-state index is -2.70. The molecule has 0 aliphatic rings. The van der Waals surface area contributed by atoms with Crippen LogP contribution in [-0.2, 0) is 11.2 Å². The molecule has 0 heterocycles. The fraction of sp³-hybridized carbons (Fsp3) is 0.222. The lowest BCUT2D eigenvalue weighted by Crippen LogP contribution is -2.32. The first-order valence-electron chi connectivity index (χ1n) is 6.67. The fourth-order valence-corrected chi connectivity index (χ4v) is 0.652. The Kier molecular flexibility index (Phi) is 1.10. The Morgan fingerprint density at radius 1 is 1.85 bits per heavy atom. The molecule has 4 heteroatoms. The number of aromatic hydroxyl groups is 1. The maximum atomic E-state index is 11.2. The molecule has 0 amide bonds. The second-order valence-corrected chi connectivity index (χ2v) is 2.20. The Labute approximate surface area is 85.6 Å². The zero-order valence-electron chi connectivity index (χ0n) is 13.5. The Balaban J connectivity index is 3.49. The van der Waals surface area contributed by atoms with Gasteiger partial charge in [-0.1, -0.05) is 12.1 Å². The van der Waals surface area contributed by atoms with E-state index in [9.17, 15) is 4.79 Å². The molecule has 0 aliphatic heterocycles. The lowest BCUT2D eigenvalue weighted by atomic mass is 10.1. The summed E-state index contributed by atoms with van der Waals surface area (Å²) in [7, 11) is 0. The first-order valence-corrected chi connectivity index (χ1v) is 3.35. The summed E-state index contributed by atoms with van der Waals surface area (Å²) in [6.07, 6.45) is -2.70. The molecule has 1 aromatic carbocycles. The molecule has 1 aromatic rings. The molecule has 4 nitrogen and oxygen atoms in total. The molecule has 0 radical (unpaired) electrons. The van der Waals surface area contributed by atoms with Gasteiger partial charge in [-0.25, -0.2) is 0 Å². The van der Waals surface area contributed by atoms with Crippen LogP contribution >= 0.6 is 0 Å². The normalized spacial score (nSPS) is 20.5. The number of phenols is 1. The van der Waals surface area contributed by atoms with E-state index in [1.807, 2.05) is 0 Å². The van der Waals surface area contributed by atoms with Crippen molar-refractivity contribution in [1.82, 2.24) is 0 Å². The molecule has 0 bridgehead atoms. The van der Waals surface area contributed by atoms with Crippen LogP contribution in [0.25, 0.3) is 1.43 Å². The van der Waals surface area contributed by atoms with Crippen molar-refractivity contribution >= 4 is 5.97 Å². The van der Waals surface area contributed by atoms with Crippen LogP contribution in [0.2, 0.25) is 0 Å². The van der Waals surface area contributed by atoms with E-state index in [1.54, 1.807) is 0 Å². The van der Waals surface area contributed by atoms with Crippen molar-refractivity contribution in [2.75, 3.05) is 0 Å².